The van der Waals surface area contributed by atoms with E-state index in [-0.39, 0.29) is 23.1 Å². The largest absolute Gasteiger partial charge is 0.497 e. The van der Waals surface area contributed by atoms with Gasteiger partial charge in [0.25, 0.3) is 5.56 Å². The number of benzene rings is 1. The van der Waals surface area contributed by atoms with E-state index in [9.17, 15) is 20.1 Å². The van der Waals surface area contributed by atoms with Crippen LogP contribution in [0, 0.1) is 0 Å². The first-order valence-corrected chi connectivity index (χ1v) is 9.60. The van der Waals surface area contributed by atoms with Gasteiger partial charge in [0.15, 0.2) is 0 Å². The molecule has 2 aromatic heterocycles. The molecule has 3 aromatic rings. The Morgan fingerprint density at radius 3 is 2.69 bits per heavy atom. The first kappa shape index (κ1) is 19.6. The van der Waals surface area contributed by atoms with Gasteiger partial charge in [-0.25, -0.2) is 4.98 Å². The highest BCUT2D eigenvalue weighted by Gasteiger charge is 2.38. The summed E-state index contributed by atoms with van der Waals surface area (Å²) in [5, 5.41) is 32.0. The lowest BCUT2D eigenvalue weighted by Crippen LogP contribution is -2.40. The number of hydrogen-bond donors (Lipinski definition) is 3. The van der Waals surface area contributed by atoms with Crippen molar-refractivity contribution >= 4 is 10.9 Å². The van der Waals surface area contributed by atoms with E-state index in [1.807, 2.05) is 24.3 Å². The molecule has 4 rings (SSSR count). The molecule has 2 atom stereocenters. The summed E-state index contributed by atoms with van der Waals surface area (Å²) in [5.74, 6) is 0.724. The van der Waals surface area contributed by atoms with Crippen molar-refractivity contribution in [1.82, 2.24) is 9.55 Å². The molecule has 1 aliphatic heterocycles. The van der Waals surface area contributed by atoms with E-state index in [0.717, 1.165) is 22.2 Å². The SMILES string of the molecule is CCC(O)(c1cc2n(c(=O)c1CO)Cc1cc3cc(OC)ccc3nc1-2)C(C)O. The molecule has 0 spiro atoms. The van der Waals surface area contributed by atoms with Crippen LogP contribution in [0.1, 0.15) is 37.0 Å². The Balaban J connectivity index is 1.98. The van der Waals surface area contributed by atoms with Crippen molar-refractivity contribution in [3.63, 3.8) is 0 Å². The van der Waals surface area contributed by atoms with Crippen molar-refractivity contribution in [1.29, 1.82) is 0 Å². The van der Waals surface area contributed by atoms with Gasteiger partial charge in [-0.05, 0) is 49.2 Å². The van der Waals surface area contributed by atoms with E-state index < -0.39 is 18.3 Å². The quantitative estimate of drug-likeness (QED) is 0.476. The molecular formula is C22H24N2O5. The Morgan fingerprint density at radius 2 is 2.07 bits per heavy atom. The minimum atomic E-state index is -1.64. The number of rotatable bonds is 5. The number of ether oxygens (including phenoxy) is 1. The standard InChI is InChI=1S/C22H24N2O5/c1-4-22(28,12(2)26)17-9-19-20-14(10-24(19)21(27)16(17)11-25)7-13-8-15(29-3)5-6-18(13)23-20/h5-9,12,25-26,28H,4,10-11H2,1-3H3. The molecule has 29 heavy (non-hydrogen) atoms. The second kappa shape index (κ2) is 6.95. The number of fused-ring (bicyclic) bond motifs is 4. The smallest absolute Gasteiger partial charge is 0.257 e. The van der Waals surface area contributed by atoms with Crippen molar-refractivity contribution in [3.8, 4) is 17.1 Å². The third-order valence-corrected chi connectivity index (χ3v) is 5.93. The second-order valence-corrected chi connectivity index (χ2v) is 7.48. The summed E-state index contributed by atoms with van der Waals surface area (Å²) in [6.07, 6.45) is -0.920. The summed E-state index contributed by atoms with van der Waals surface area (Å²) in [6.45, 7) is 3.01. The van der Waals surface area contributed by atoms with Gasteiger partial charge in [-0.1, -0.05) is 6.92 Å². The van der Waals surface area contributed by atoms with Gasteiger partial charge < -0.3 is 24.6 Å². The molecule has 0 aliphatic carbocycles. The third kappa shape index (κ3) is 2.85. The maximum Gasteiger partial charge on any atom is 0.257 e. The van der Waals surface area contributed by atoms with Crippen molar-refractivity contribution in [2.45, 2.75) is 45.1 Å². The fourth-order valence-corrected chi connectivity index (χ4v) is 4.13. The summed E-state index contributed by atoms with van der Waals surface area (Å²) in [7, 11) is 1.60. The highest BCUT2D eigenvalue weighted by molar-refractivity contribution is 5.85. The zero-order valence-electron chi connectivity index (χ0n) is 16.6. The first-order chi connectivity index (χ1) is 13.8. The average Bonchev–Trinajstić information content (AvgIpc) is 3.08. The van der Waals surface area contributed by atoms with Crippen molar-refractivity contribution in [2.75, 3.05) is 7.11 Å². The number of aliphatic hydroxyl groups excluding tert-OH is 2. The van der Waals surface area contributed by atoms with Gasteiger partial charge in [0.1, 0.15) is 11.4 Å². The van der Waals surface area contributed by atoms with Gasteiger partial charge in [-0.3, -0.25) is 4.79 Å². The Labute approximate surface area is 167 Å². The monoisotopic (exact) mass is 396 g/mol. The molecule has 7 heteroatoms. The first-order valence-electron chi connectivity index (χ1n) is 9.60. The summed E-state index contributed by atoms with van der Waals surface area (Å²) in [6, 6.07) is 9.23. The molecule has 3 N–H and O–H groups in total. The van der Waals surface area contributed by atoms with Gasteiger partial charge in [0, 0.05) is 16.5 Å². The summed E-state index contributed by atoms with van der Waals surface area (Å²) < 4.78 is 6.84. The highest BCUT2D eigenvalue weighted by atomic mass is 16.5. The zero-order valence-corrected chi connectivity index (χ0v) is 16.6. The Bertz CT molecular complexity index is 1170. The van der Waals surface area contributed by atoms with Crippen LogP contribution in [0.4, 0.5) is 0 Å². The molecule has 2 unspecified atom stereocenters. The van der Waals surface area contributed by atoms with Crippen molar-refractivity contribution in [3.05, 3.63) is 57.4 Å². The lowest BCUT2D eigenvalue weighted by atomic mass is 9.83. The predicted molar refractivity (Wildman–Crippen MR) is 109 cm³/mol. The molecule has 0 saturated carbocycles. The van der Waals surface area contributed by atoms with Crippen LogP contribution in [0.15, 0.2) is 35.1 Å². The zero-order chi connectivity index (χ0) is 20.9. The van der Waals surface area contributed by atoms with Gasteiger partial charge in [0.05, 0.1) is 43.3 Å². The maximum atomic E-state index is 13.1. The molecule has 3 heterocycles. The fraction of sp³-hybridized carbons (Fsp3) is 0.364. The molecule has 1 aromatic carbocycles. The van der Waals surface area contributed by atoms with Crippen LogP contribution < -0.4 is 10.3 Å². The van der Waals surface area contributed by atoms with Crippen LogP contribution in [0.25, 0.3) is 22.3 Å². The minimum absolute atomic E-state index is 0.0954. The van der Waals surface area contributed by atoms with Gasteiger partial charge in [-0.2, -0.15) is 0 Å². The number of aliphatic hydroxyl groups is 3. The molecule has 0 radical (unpaired) electrons. The van der Waals surface area contributed by atoms with E-state index in [1.165, 1.54) is 6.92 Å². The molecular weight excluding hydrogens is 372 g/mol. The topological polar surface area (TPSA) is 105 Å². The molecule has 0 bridgehead atoms. The third-order valence-electron chi connectivity index (χ3n) is 5.93. The summed E-state index contributed by atoms with van der Waals surface area (Å²) >= 11 is 0. The Kier molecular flexibility index (Phi) is 4.69. The summed E-state index contributed by atoms with van der Waals surface area (Å²) in [4.78, 5) is 17.9. The molecule has 0 amide bonds. The minimum Gasteiger partial charge on any atom is -0.497 e. The van der Waals surface area contributed by atoms with E-state index in [0.29, 0.717) is 17.9 Å². The van der Waals surface area contributed by atoms with Gasteiger partial charge in [0.2, 0.25) is 0 Å². The molecule has 0 saturated heterocycles. The van der Waals surface area contributed by atoms with E-state index >= 15 is 0 Å². The molecule has 1 aliphatic rings. The van der Waals surface area contributed by atoms with Crippen LogP contribution in [0.2, 0.25) is 0 Å². The Morgan fingerprint density at radius 1 is 1.31 bits per heavy atom. The van der Waals surface area contributed by atoms with Crippen LogP contribution >= 0.6 is 0 Å². The van der Waals surface area contributed by atoms with Crippen molar-refractivity contribution < 1.29 is 20.1 Å². The molecule has 152 valence electrons. The average molecular weight is 396 g/mol. The number of pyridine rings is 2. The number of nitrogens with zero attached hydrogens (tertiary/aromatic N) is 2. The molecule has 0 fully saturated rings. The van der Waals surface area contributed by atoms with Crippen molar-refractivity contribution in [2.24, 2.45) is 0 Å². The number of methoxy groups -OCH3 is 1. The number of hydrogen-bond acceptors (Lipinski definition) is 6. The number of aromatic nitrogens is 2. The van der Waals surface area contributed by atoms with E-state index in [1.54, 1.807) is 24.7 Å². The van der Waals surface area contributed by atoms with Gasteiger partial charge >= 0.3 is 0 Å². The van der Waals surface area contributed by atoms with Crippen LogP contribution in [0.3, 0.4) is 0 Å². The lowest BCUT2D eigenvalue weighted by molar-refractivity contribution is -0.0753. The summed E-state index contributed by atoms with van der Waals surface area (Å²) in [5.41, 5.74) is 1.20. The van der Waals surface area contributed by atoms with Crippen LogP contribution in [-0.4, -0.2) is 38.1 Å². The second-order valence-electron chi connectivity index (χ2n) is 7.48. The lowest BCUT2D eigenvalue weighted by Gasteiger charge is -2.32. The van der Waals surface area contributed by atoms with E-state index in [2.05, 4.69) is 0 Å². The fourth-order valence-electron chi connectivity index (χ4n) is 4.13. The van der Waals surface area contributed by atoms with E-state index in [4.69, 9.17) is 9.72 Å². The Hall–Kier alpha value is -2.74. The van der Waals surface area contributed by atoms with Crippen LogP contribution in [0.5, 0.6) is 5.75 Å². The normalized spacial score (nSPS) is 15.7. The van der Waals surface area contributed by atoms with Gasteiger partial charge in [-0.15, -0.1) is 0 Å². The van der Waals surface area contributed by atoms with Crippen LogP contribution in [-0.2, 0) is 18.8 Å². The highest BCUT2D eigenvalue weighted by Crippen LogP contribution is 2.37. The molecule has 7 nitrogen and oxygen atoms in total. The maximum absolute atomic E-state index is 13.1. The predicted octanol–water partition coefficient (Wildman–Crippen LogP) is 1.90.